The zero-order valence-electron chi connectivity index (χ0n) is 16.1. The van der Waals surface area contributed by atoms with E-state index in [0.29, 0.717) is 16.7 Å². The van der Waals surface area contributed by atoms with Crippen LogP contribution in [0.1, 0.15) is 10.4 Å². The molecule has 31 heavy (non-hydrogen) atoms. The van der Waals surface area contributed by atoms with Crippen molar-refractivity contribution in [2.45, 2.75) is 0 Å². The molecule has 3 aromatic heterocycles. The molecule has 0 radical (unpaired) electrons. The Hall–Kier alpha value is -4.10. The molecule has 0 spiro atoms. The summed E-state index contributed by atoms with van der Waals surface area (Å²) in [6, 6.07) is 21.6. The number of carbonyl (C=O) groups is 1. The van der Waals surface area contributed by atoms with Crippen molar-refractivity contribution in [3.63, 3.8) is 0 Å². The van der Waals surface area contributed by atoms with Crippen molar-refractivity contribution in [2.24, 2.45) is 0 Å². The summed E-state index contributed by atoms with van der Waals surface area (Å²) in [5.41, 5.74) is 2.72. The molecule has 5 rings (SSSR count). The first-order valence-corrected chi connectivity index (χ1v) is 10.4. The van der Waals surface area contributed by atoms with Gasteiger partial charge in [0.2, 0.25) is 0 Å². The summed E-state index contributed by atoms with van der Waals surface area (Å²) in [5, 5.41) is 6.23. The lowest BCUT2D eigenvalue weighted by Crippen LogP contribution is -2.20. The average molecular weight is 425 g/mol. The molecule has 0 aliphatic heterocycles. The predicted molar refractivity (Wildman–Crippen MR) is 121 cm³/mol. The fourth-order valence-corrected chi connectivity index (χ4v) is 3.99. The third-order valence-electron chi connectivity index (χ3n) is 4.69. The largest absolute Gasteiger partial charge is 0.422 e. The number of anilines is 1. The number of nitrogens with zero attached hydrogens (tertiary/aromatic N) is 2. The van der Waals surface area contributed by atoms with Crippen LogP contribution in [0.2, 0.25) is 0 Å². The number of hydrogen-bond acceptors (Lipinski definition) is 6. The van der Waals surface area contributed by atoms with E-state index in [1.54, 1.807) is 36.5 Å². The molecule has 5 aromatic rings. The van der Waals surface area contributed by atoms with Gasteiger partial charge >= 0.3 is 5.63 Å². The zero-order chi connectivity index (χ0) is 21.2. The van der Waals surface area contributed by atoms with Crippen molar-refractivity contribution in [1.29, 1.82) is 0 Å². The second-order valence-electron chi connectivity index (χ2n) is 6.77. The van der Waals surface area contributed by atoms with Gasteiger partial charge in [-0.15, -0.1) is 11.3 Å². The Bertz CT molecular complexity index is 1460. The Balaban J connectivity index is 1.41. The van der Waals surface area contributed by atoms with Gasteiger partial charge in [0.05, 0.1) is 11.4 Å². The number of fused-ring (bicyclic) bond motifs is 1. The van der Waals surface area contributed by atoms with Crippen molar-refractivity contribution in [1.82, 2.24) is 9.97 Å². The number of para-hydroxylation sites is 1. The third kappa shape index (κ3) is 3.86. The van der Waals surface area contributed by atoms with E-state index in [2.05, 4.69) is 15.3 Å². The smallest absolute Gasteiger partial charge is 0.349 e. The number of aromatic nitrogens is 2. The number of benzene rings is 2. The first-order valence-electron chi connectivity index (χ1n) is 9.49. The molecule has 3 heterocycles. The summed E-state index contributed by atoms with van der Waals surface area (Å²) in [6.07, 6.45) is 1.73. The van der Waals surface area contributed by atoms with Crippen LogP contribution in [0.3, 0.4) is 0 Å². The predicted octanol–water partition coefficient (Wildman–Crippen LogP) is 5.23. The molecular weight excluding hydrogens is 410 g/mol. The molecule has 150 valence electrons. The summed E-state index contributed by atoms with van der Waals surface area (Å²) >= 11 is 1.50. The van der Waals surface area contributed by atoms with E-state index in [1.165, 1.54) is 11.3 Å². The lowest BCUT2D eigenvalue weighted by Gasteiger charge is -2.07. The highest BCUT2D eigenvalue weighted by Crippen LogP contribution is 2.29. The highest BCUT2D eigenvalue weighted by molar-refractivity contribution is 7.13. The maximum absolute atomic E-state index is 12.7. The van der Waals surface area contributed by atoms with E-state index in [0.717, 1.165) is 22.0 Å². The Morgan fingerprint density at radius 3 is 2.68 bits per heavy atom. The molecule has 1 amide bonds. The fourth-order valence-electron chi connectivity index (χ4n) is 3.19. The van der Waals surface area contributed by atoms with Gasteiger partial charge in [-0.05, 0) is 36.4 Å². The quantitative estimate of drug-likeness (QED) is 0.399. The molecular formula is C24H15N3O3S. The summed E-state index contributed by atoms with van der Waals surface area (Å²) in [5.74, 6) is -0.524. The Morgan fingerprint density at radius 2 is 1.81 bits per heavy atom. The molecule has 7 heteroatoms. The number of hydrogen-bond donors (Lipinski definition) is 1. The van der Waals surface area contributed by atoms with Crippen LogP contribution < -0.4 is 10.9 Å². The van der Waals surface area contributed by atoms with Gasteiger partial charge in [-0.3, -0.25) is 9.78 Å². The molecule has 0 aliphatic carbocycles. The Kier molecular flexibility index (Phi) is 4.86. The van der Waals surface area contributed by atoms with Crippen molar-refractivity contribution in [3.05, 3.63) is 100 Å². The van der Waals surface area contributed by atoms with E-state index < -0.39 is 11.5 Å². The van der Waals surface area contributed by atoms with E-state index in [-0.39, 0.29) is 5.56 Å². The maximum Gasteiger partial charge on any atom is 0.349 e. The Labute approximate surface area is 180 Å². The molecule has 0 aliphatic rings. The molecule has 2 aromatic carbocycles. The number of amides is 1. The molecule has 0 saturated carbocycles. The summed E-state index contributed by atoms with van der Waals surface area (Å²) in [6.45, 7) is 0. The van der Waals surface area contributed by atoms with Crippen molar-refractivity contribution in [2.75, 3.05) is 5.32 Å². The first kappa shape index (κ1) is 18.9. The summed E-state index contributed by atoms with van der Waals surface area (Å²) in [7, 11) is 0. The van der Waals surface area contributed by atoms with Gasteiger partial charge in [-0.1, -0.05) is 36.4 Å². The zero-order valence-corrected chi connectivity index (χ0v) is 16.9. The lowest BCUT2D eigenvalue weighted by atomic mass is 10.1. The van der Waals surface area contributed by atoms with Crippen molar-refractivity contribution >= 4 is 33.9 Å². The summed E-state index contributed by atoms with van der Waals surface area (Å²) < 4.78 is 5.26. The van der Waals surface area contributed by atoms with Gasteiger partial charge in [0.25, 0.3) is 5.91 Å². The minimum atomic E-state index is -0.674. The lowest BCUT2D eigenvalue weighted by molar-refractivity contribution is 0.102. The van der Waals surface area contributed by atoms with Crippen molar-refractivity contribution < 1.29 is 9.21 Å². The van der Waals surface area contributed by atoms with E-state index in [1.807, 2.05) is 47.8 Å². The van der Waals surface area contributed by atoms with Gasteiger partial charge in [0, 0.05) is 28.2 Å². The van der Waals surface area contributed by atoms with Crippen LogP contribution in [0.5, 0.6) is 0 Å². The molecule has 6 nitrogen and oxygen atoms in total. The molecule has 0 saturated heterocycles. The molecule has 1 N–H and O–H groups in total. The Morgan fingerprint density at radius 1 is 0.935 bits per heavy atom. The van der Waals surface area contributed by atoms with Gasteiger partial charge in [-0.2, -0.15) is 0 Å². The van der Waals surface area contributed by atoms with Gasteiger partial charge in [0.1, 0.15) is 16.2 Å². The number of nitrogens with one attached hydrogen (secondary N) is 1. The van der Waals surface area contributed by atoms with Crippen LogP contribution in [-0.2, 0) is 0 Å². The SMILES string of the molecule is O=C(Nc1cccc(-c2csc(-c3ccccn3)n2)c1)c1cc2ccccc2oc1=O. The third-order valence-corrected chi connectivity index (χ3v) is 5.56. The van der Waals surface area contributed by atoms with E-state index in [9.17, 15) is 9.59 Å². The van der Waals surface area contributed by atoms with Gasteiger partial charge < -0.3 is 9.73 Å². The van der Waals surface area contributed by atoms with Crippen LogP contribution in [0.4, 0.5) is 5.69 Å². The van der Waals surface area contributed by atoms with Crippen LogP contribution in [0.25, 0.3) is 32.9 Å². The number of rotatable bonds is 4. The highest BCUT2D eigenvalue weighted by Gasteiger charge is 2.15. The monoisotopic (exact) mass is 425 g/mol. The molecule has 0 fully saturated rings. The number of thiazole rings is 1. The molecule has 0 atom stereocenters. The summed E-state index contributed by atoms with van der Waals surface area (Å²) in [4.78, 5) is 34.0. The van der Waals surface area contributed by atoms with Crippen LogP contribution in [0.15, 0.2) is 93.6 Å². The number of carbonyl (C=O) groups excluding carboxylic acids is 1. The van der Waals surface area contributed by atoms with Crippen LogP contribution in [0, 0.1) is 0 Å². The molecule has 0 bridgehead atoms. The van der Waals surface area contributed by atoms with Crippen LogP contribution in [-0.4, -0.2) is 15.9 Å². The minimum Gasteiger partial charge on any atom is -0.422 e. The topological polar surface area (TPSA) is 85.1 Å². The second-order valence-corrected chi connectivity index (χ2v) is 7.63. The average Bonchev–Trinajstić information content (AvgIpc) is 3.30. The first-order chi connectivity index (χ1) is 15.2. The second kappa shape index (κ2) is 7.97. The molecule has 0 unspecified atom stereocenters. The number of pyridine rings is 1. The van der Waals surface area contributed by atoms with Gasteiger partial charge in [0.15, 0.2) is 0 Å². The fraction of sp³-hybridized carbons (Fsp3) is 0. The van der Waals surface area contributed by atoms with E-state index >= 15 is 0 Å². The highest BCUT2D eigenvalue weighted by atomic mass is 32.1. The van der Waals surface area contributed by atoms with E-state index in [4.69, 9.17) is 4.42 Å². The minimum absolute atomic E-state index is 0.0461. The van der Waals surface area contributed by atoms with Crippen LogP contribution >= 0.6 is 11.3 Å². The maximum atomic E-state index is 12.7. The standard InChI is InChI=1S/C24H15N3O3S/c28-22(18-13-16-6-1-2-10-21(16)30-24(18)29)26-17-8-5-7-15(12-17)20-14-31-23(27-20)19-9-3-4-11-25-19/h1-14H,(H,26,28). The van der Waals surface area contributed by atoms with Gasteiger partial charge in [-0.25, -0.2) is 9.78 Å². The van der Waals surface area contributed by atoms with Crippen molar-refractivity contribution in [3.8, 4) is 22.0 Å². The normalized spacial score (nSPS) is 10.8.